The van der Waals surface area contributed by atoms with E-state index in [1.54, 1.807) is 0 Å². The summed E-state index contributed by atoms with van der Waals surface area (Å²) in [6, 6.07) is 3.09. The molecule has 2 N–H and O–H groups in total. The fourth-order valence-corrected chi connectivity index (χ4v) is 3.26. The van der Waals surface area contributed by atoms with E-state index in [9.17, 15) is 0 Å². The van der Waals surface area contributed by atoms with Crippen LogP contribution >= 0.6 is 11.3 Å². The molecule has 2 nitrogen and oxygen atoms in total. The summed E-state index contributed by atoms with van der Waals surface area (Å²) in [5.74, 6) is 0.801. The standard InChI is InChI=1S/C13H21NOS/c1-9-6-8-16-13(9)10(2)14-12(5-7-15)11-3-4-11/h6,8,10-12,14-15H,3-5,7H2,1-2H3. The third-order valence-electron chi connectivity index (χ3n) is 3.39. The van der Waals surface area contributed by atoms with Crippen LogP contribution in [0.4, 0.5) is 0 Å². The van der Waals surface area contributed by atoms with Gasteiger partial charge in [-0.25, -0.2) is 0 Å². The van der Waals surface area contributed by atoms with E-state index in [0.29, 0.717) is 18.7 Å². The zero-order valence-electron chi connectivity index (χ0n) is 10.1. The van der Waals surface area contributed by atoms with Crippen molar-refractivity contribution in [2.75, 3.05) is 6.61 Å². The predicted molar refractivity (Wildman–Crippen MR) is 68.8 cm³/mol. The van der Waals surface area contributed by atoms with Gasteiger partial charge in [-0.3, -0.25) is 0 Å². The molecule has 0 amide bonds. The van der Waals surface area contributed by atoms with Crippen LogP contribution in [0.25, 0.3) is 0 Å². The molecule has 16 heavy (non-hydrogen) atoms. The summed E-state index contributed by atoms with van der Waals surface area (Å²) >= 11 is 1.82. The first-order valence-corrected chi connectivity index (χ1v) is 7.01. The van der Waals surface area contributed by atoms with Gasteiger partial charge in [0.15, 0.2) is 0 Å². The third kappa shape index (κ3) is 2.84. The molecular weight excluding hydrogens is 218 g/mol. The number of thiophene rings is 1. The first-order valence-electron chi connectivity index (χ1n) is 6.13. The van der Waals surface area contributed by atoms with Gasteiger partial charge in [0.2, 0.25) is 0 Å². The SMILES string of the molecule is Cc1ccsc1C(C)NC(CCO)C1CC1. The number of rotatable bonds is 6. The largest absolute Gasteiger partial charge is 0.396 e. The average molecular weight is 239 g/mol. The Balaban J connectivity index is 1.94. The Hall–Kier alpha value is -0.380. The molecule has 1 aromatic rings. The summed E-state index contributed by atoms with van der Waals surface area (Å²) in [5.41, 5.74) is 1.38. The van der Waals surface area contributed by atoms with Crippen LogP contribution in [0.3, 0.4) is 0 Å². The first kappa shape index (κ1) is 12.1. The summed E-state index contributed by atoms with van der Waals surface area (Å²) in [4.78, 5) is 1.43. The van der Waals surface area contributed by atoms with Crippen molar-refractivity contribution in [1.29, 1.82) is 0 Å². The van der Waals surface area contributed by atoms with Gasteiger partial charge in [-0.2, -0.15) is 0 Å². The minimum Gasteiger partial charge on any atom is -0.396 e. The zero-order valence-corrected chi connectivity index (χ0v) is 10.9. The van der Waals surface area contributed by atoms with Crippen LogP contribution in [0.5, 0.6) is 0 Å². The van der Waals surface area contributed by atoms with Gasteiger partial charge in [-0.15, -0.1) is 11.3 Å². The normalized spacial score (nSPS) is 19.7. The van der Waals surface area contributed by atoms with Crippen LogP contribution in [0.2, 0.25) is 0 Å². The van der Waals surface area contributed by atoms with Gasteiger partial charge in [0, 0.05) is 23.6 Å². The molecule has 90 valence electrons. The smallest absolute Gasteiger partial charge is 0.0445 e. The van der Waals surface area contributed by atoms with Crippen molar-refractivity contribution >= 4 is 11.3 Å². The van der Waals surface area contributed by atoms with E-state index < -0.39 is 0 Å². The minimum atomic E-state index is 0.296. The minimum absolute atomic E-state index is 0.296. The van der Waals surface area contributed by atoms with Crippen molar-refractivity contribution in [2.24, 2.45) is 5.92 Å². The highest BCUT2D eigenvalue weighted by Crippen LogP contribution is 2.35. The second-order valence-corrected chi connectivity index (χ2v) is 5.76. The molecule has 2 unspecified atom stereocenters. The Bertz CT molecular complexity index is 332. The summed E-state index contributed by atoms with van der Waals surface area (Å²) < 4.78 is 0. The van der Waals surface area contributed by atoms with Crippen LogP contribution < -0.4 is 5.32 Å². The molecule has 1 aliphatic rings. The molecule has 1 aromatic heterocycles. The Morgan fingerprint density at radius 2 is 2.31 bits per heavy atom. The van der Waals surface area contributed by atoms with E-state index in [0.717, 1.165) is 12.3 Å². The van der Waals surface area contributed by atoms with Crippen molar-refractivity contribution in [3.05, 3.63) is 21.9 Å². The Labute approximate surface area is 102 Å². The summed E-state index contributed by atoms with van der Waals surface area (Å²) in [5, 5.41) is 14.9. The van der Waals surface area contributed by atoms with Crippen molar-refractivity contribution < 1.29 is 5.11 Å². The van der Waals surface area contributed by atoms with E-state index in [2.05, 4.69) is 30.6 Å². The van der Waals surface area contributed by atoms with Crippen LogP contribution in [0.1, 0.15) is 42.7 Å². The van der Waals surface area contributed by atoms with Crippen LogP contribution in [0.15, 0.2) is 11.4 Å². The van der Waals surface area contributed by atoms with Crippen LogP contribution in [0, 0.1) is 12.8 Å². The summed E-state index contributed by atoms with van der Waals surface area (Å²) in [6.07, 6.45) is 3.54. The molecule has 2 rings (SSSR count). The second kappa shape index (κ2) is 5.30. The highest BCUT2D eigenvalue weighted by molar-refractivity contribution is 7.10. The van der Waals surface area contributed by atoms with Gasteiger partial charge < -0.3 is 10.4 Å². The number of aliphatic hydroxyl groups excluding tert-OH is 1. The zero-order chi connectivity index (χ0) is 11.5. The Morgan fingerprint density at radius 3 is 2.81 bits per heavy atom. The molecule has 1 aliphatic carbocycles. The van der Waals surface area contributed by atoms with Crippen molar-refractivity contribution in [2.45, 2.75) is 45.2 Å². The van der Waals surface area contributed by atoms with E-state index in [1.165, 1.54) is 23.3 Å². The number of hydrogen-bond acceptors (Lipinski definition) is 3. The lowest BCUT2D eigenvalue weighted by molar-refractivity contribution is 0.250. The Morgan fingerprint density at radius 1 is 1.56 bits per heavy atom. The van der Waals surface area contributed by atoms with E-state index in [4.69, 9.17) is 5.11 Å². The van der Waals surface area contributed by atoms with Gasteiger partial charge in [0.25, 0.3) is 0 Å². The number of hydrogen-bond donors (Lipinski definition) is 2. The molecule has 0 spiro atoms. The van der Waals surface area contributed by atoms with Crippen molar-refractivity contribution in [1.82, 2.24) is 5.32 Å². The maximum absolute atomic E-state index is 9.07. The maximum Gasteiger partial charge on any atom is 0.0445 e. The number of aryl methyl sites for hydroxylation is 1. The number of nitrogens with one attached hydrogen (secondary N) is 1. The van der Waals surface area contributed by atoms with E-state index >= 15 is 0 Å². The molecular formula is C13H21NOS. The average Bonchev–Trinajstić information content (AvgIpc) is 3.00. The van der Waals surface area contributed by atoms with Gasteiger partial charge >= 0.3 is 0 Å². The molecule has 0 bridgehead atoms. The maximum atomic E-state index is 9.07. The molecule has 0 radical (unpaired) electrons. The molecule has 0 aliphatic heterocycles. The van der Waals surface area contributed by atoms with Crippen molar-refractivity contribution in [3.63, 3.8) is 0 Å². The van der Waals surface area contributed by atoms with Gasteiger partial charge in [-0.1, -0.05) is 0 Å². The predicted octanol–water partition coefficient (Wildman–Crippen LogP) is 2.87. The fourth-order valence-electron chi connectivity index (χ4n) is 2.32. The highest BCUT2D eigenvalue weighted by Gasteiger charge is 2.31. The molecule has 1 saturated carbocycles. The van der Waals surface area contributed by atoms with Crippen LogP contribution in [-0.4, -0.2) is 17.8 Å². The van der Waals surface area contributed by atoms with Gasteiger partial charge in [-0.05, 0) is 56.0 Å². The lowest BCUT2D eigenvalue weighted by Gasteiger charge is -2.22. The first-order chi connectivity index (χ1) is 7.72. The van der Waals surface area contributed by atoms with Crippen LogP contribution in [-0.2, 0) is 0 Å². The number of aliphatic hydroxyl groups is 1. The lowest BCUT2D eigenvalue weighted by Crippen LogP contribution is -2.34. The topological polar surface area (TPSA) is 32.3 Å². The van der Waals surface area contributed by atoms with Crippen molar-refractivity contribution in [3.8, 4) is 0 Å². The molecule has 1 heterocycles. The summed E-state index contributed by atoms with van der Waals surface area (Å²) in [7, 11) is 0. The molecule has 0 saturated heterocycles. The highest BCUT2D eigenvalue weighted by atomic mass is 32.1. The molecule has 2 atom stereocenters. The van der Waals surface area contributed by atoms with Gasteiger partial charge in [0.05, 0.1) is 0 Å². The van der Waals surface area contributed by atoms with E-state index in [1.807, 2.05) is 11.3 Å². The summed E-state index contributed by atoms with van der Waals surface area (Å²) in [6.45, 7) is 4.69. The monoisotopic (exact) mass is 239 g/mol. The fraction of sp³-hybridized carbons (Fsp3) is 0.692. The molecule has 3 heteroatoms. The van der Waals surface area contributed by atoms with Gasteiger partial charge in [0.1, 0.15) is 0 Å². The molecule has 1 fully saturated rings. The Kier molecular flexibility index (Phi) is 4.00. The third-order valence-corrected chi connectivity index (χ3v) is 4.59. The molecule has 0 aromatic carbocycles. The quantitative estimate of drug-likeness (QED) is 0.800. The second-order valence-electron chi connectivity index (χ2n) is 4.81. The van der Waals surface area contributed by atoms with E-state index in [-0.39, 0.29) is 0 Å². The lowest BCUT2D eigenvalue weighted by atomic mass is 10.1.